The monoisotopic (exact) mass is 290 g/mol. The van der Waals surface area contributed by atoms with E-state index >= 15 is 0 Å². The van der Waals surface area contributed by atoms with E-state index in [1.54, 1.807) is 0 Å². The maximum atomic E-state index is 2.42. The maximum absolute atomic E-state index is 2.42. The third kappa shape index (κ3) is 5.36. The second-order valence-electron chi connectivity index (χ2n) is 6.67. The Morgan fingerprint density at radius 1 is 0.667 bits per heavy atom. The zero-order chi connectivity index (χ0) is 14.4. The van der Waals surface area contributed by atoms with E-state index in [4.69, 9.17) is 0 Å². The molecule has 110 valence electrons. The van der Waals surface area contributed by atoms with Crippen LogP contribution < -0.4 is 0 Å². The third-order valence-electron chi connectivity index (χ3n) is 4.60. The molecule has 0 radical (unpaired) electrons. The minimum Gasteiger partial charge on any atom is -0.0899 e. The first-order valence-electron chi connectivity index (χ1n) is 7.57. The van der Waals surface area contributed by atoms with Crippen molar-refractivity contribution < 1.29 is 0 Å². The van der Waals surface area contributed by atoms with E-state index in [-0.39, 0.29) is 0 Å². The molecule has 0 fully saturated rings. The zero-order valence-corrected chi connectivity index (χ0v) is 15.4. The first-order chi connectivity index (χ1) is 8.25. The summed E-state index contributed by atoms with van der Waals surface area (Å²) in [7, 11) is 4.29. The molecule has 2 unspecified atom stereocenters. The fourth-order valence-electron chi connectivity index (χ4n) is 2.09. The van der Waals surface area contributed by atoms with Crippen molar-refractivity contribution in [3.05, 3.63) is 0 Å². The molecule has 0 rings (SSSR count). The van der Waals surface area contributed by atoms with E-state index in [2.05, 4.69) is 77.0 Å². The SMILES string of the molecule is CCC(SSC(CC)C(C)(C)CC)C(C)(C)CC. The zero-order valence-electron chi connectivity index (χ0n) is 13.8. The summed E-state index contributed by atoms with van der Waals surface area (Å²) in [5.74, 6) is 0. The molecule has 0 heterocycles. The Morgan fingerprint density at radius 2 is 0.944 bits per heavy atom. The average molecular weight is 291 g/mol. The predicted molar refractivity (Wildman–Crippen MR) is 91.5 cm³/mol. The standard InChI is InChI=1S/C16H34S2/c1-9-13(15(5,6)11-3)17-18-14(10-2)16(7,8)12-4/h13-14H,9-12H2,1-8H3. The van der Waals surface area contributed by atoms with Crippen LogP contribution in [0.4, 0.5) is 0 Å². The van der Waals surface area contributed by atoms with Crippen LogP contribution >= 0.6 is 21.6 Å². The third-order valence-corrected chi connectivity index (χ3v) is 8.84. The van der Waals surface area contributed by atoms with Crippen molar-refractivity contribution in [1.29, 1.82) is 0 Å². The molecule has 0 nitrogen and oxygen atoms in total. The molecule has 0 aliphatic heterocycles. The molecule has 0 spiro atoms. The second-order valence-corrected chi connectivity index (χ2v) is 9.35. The summed E-state index contributed by atoms with van der Waals surface area (Å²) in [4.78, 5) is 0. The normalized spacial score (nSPS) is 16.7. The quantitative estimate of drug-likeness (QED) is 0.428. The summed E-state index contributed by atoms with van der Waals surface area (Å²) >= 11 is 0. The Balaban J connectivity index is 4.52. The Bertz CT molecular complexity index is 197. The van der Waals surface area contributed by atoms with Gasteiger partial charge in [0.1, 0.15) is 0 Å². The van der Waals surface area contributed by atoms with E-state index in [1.165, 1.54) is 25.7 Å². The lowest BCUT2D eigenvalue weighted by atomic mass is 9.85. The van der Waals surface area contributed by atoms with Crippen molar-refractivity contribution in [3.8, 4) is 0 Å². The molecule has 0 amide bonds. The Labute approximate surface area is 124 Å². The Hall–Kier alpha value is 0.700. The van der Waals surface area contributed by atoms with Gasteiger partial charge < -0.3 is 0 Å². The minimum atomic E-state index is 0.459. The van der Waals surface area contributed by atoms with E-state index in [0.717, 1.165) is 10.5 Å². The van der Waals surface area contributed by atoms with Gasteiger partial charge in [0.25, 0.3) is 0 Å². The molecule has 0 N–H and O–H groups in total. The molecule has 0 aliphatic carbocycles. The van der Waals surface area contributed by atoms with Gasteiger partial charge in [0.15, 0.2) is 0 Å². The summed E-state index contributed by atoms with van der Waals surface area (Å²) in [6, 6.07) is 0. The predicted octanol–water partition coefficient (Wildman–Crippen LogP) is 6.80. The van der Waals surface area contributed by atoms with E-state index in [1.807, 2.05) is 0 Å². The highest BCUT2D eigenvalue weighted by molar-refractivity contribution is 8.77. The Kier molecular flexibility index (Phi) is 8.41. The first kappa shape index (κ1) is 18.7. The molecule has 0 saturated heterocycles. The van der Waals surface area contributed by atoms with Gasteiger partial charge in [-0.1, -0.05) is 77.0 Å². The highest BCUT2D eigenvalue weighted by atomic mass is 33.1. The van der Waals surface area contributed by atoms with Crippen LogP contribution in [0.3, 0.4) is 0 Å². The molecular formula is C16H34S2. The highest BCUT2D eigenvalue weighted by Crippen LogP contribution is 2.48. The van der Waals surface area contributed by atoms with Crippen molar-refractivity contribution >= 4 is 21.6 Å². The molecule has 2 heteroatoms. The summed E-state index contributed by atoms with van der Waals surface area (Å²) in [5.41, 5.74) is 0.919. The van der Waals surface area contributed by atoms with Crippen molar-refractivity contribution in [2.24, 2.45) is 10.8 Å². The molecule has 18 heavy (non-hydrogen) atoms. The number of rotatable bonds is 9. The topological polar surface area (TPSA) is 0 Å². The van der Waals surface area contributed by atoms with Gasteiger partial charge in [0.2, 0.25) is 0 Å². The van der Waals surface area contributed by atoms with Gasteiger partial charge in [-0.25, -0.2) is 0 Å². The van der Waals surface area contributed by atoms with Gasteiger partial charge in [-0.05, 0) is 36.5 Å². The minimum absolute atomic E-state index is 0.459. The molecule has 0 aromatic heterocycles. The number of hydrogen-bond donors (Lipinski definition) is 0. The lowest BCUT2D eigenvalue weighted by Gasteiger charge is -2.36. The molecule has 0 bridgehead atoms. The summed E-state index contributed by atoms with van der Waals surface area (Å²) < 4.78 is 0. The molecule has 0 aromatic carbocycles. The van der Waals surface area contributed by atoms with Crippen LogP contribution in [0.2, 0.25) is 0 Å². The van der Waals surface area contributed by atoms with Gasteiger partial charge >= 0.3 is 0 Å². The average Bonchev–Trinajstić information content (AvgIpc) is 2.34. The van der Waals surface area contributed by atoms with Crippen LogP contribution in [0, 0.1) is 10.8 Å². The van der Waals surface area contributed by atoms with Crippen LogP contribution in [0.15, 0.2) is 0 Å². The maximum Gasteiger partial charge on any atom is 0.0200 e. The molecule has 0 aromatic rings. The van der Waals surface area contributed by atoms with Gasteiger partial charge in [-0.3, -0.25) is 0 Å². The lowest BCUT2D eigenvalue weighted by Crippen LogP contribution is -2.27. The lowest BCUT2D eigenvalue weighted by molar-refractivity contribution is 0.329. The molecule has 0 saturated carbocycles. The summed E-state index contributed by atoms with van der Waals surface area (Å²) in [6.45, 7) is 19.0. The van der Waals surface area contributed by atoms with Crippen molar-refractivity contribution in [2.75, 3.05) is 0 Å². The van der Waals surface area contributed by atoms with Gasteiger partial charge in [-0.2, -0.15) is 0 Å². The van der Waals surface area contributed by atoms with Gasteiger partial charge in [-0.15, -0.1) is 0 Å². The molecular weight excluding hydrogens is 256 g/mol. The van der Waals surface area contributed by atoms with Crippen LogP contribution in [0.5, 0.6) is 0 Å². The number of hydrogen-bond acceptors (Lipinski definition) is 2. The molecule has 0 aliphatic rings. The summed E-state index contributed by atoms with van der Waals surface area (Å²) in [6.07, 6.45) is 5.10. The smallest absolute Gasteiger partial charge is 0.0200 e. The van der Waals surface area contributed by atoms with Crippen molar-refractivity contribution in [2.45, 2.75) is 91.6 Å². The fraction of sp³-hybridized carbons (Fsp3) is 1.00. The first-order valence-corrected chi connectivity index (χ1v) is 9.84. The van der Waals surface area contributed by atoms with E-state index < -0.39 is 0 Å². The fourth-order valence-corrected chi connectivity index (χ4v) is 6.67. The summed E-state index contributed by atoms with van der Waals surface area (Å²) in [5, 5.41) is 1.54. The van der Waals surface area contributed by atoms with Crippen LogP contribution in [-0.4, -0.2) is 10.5 Å². The second kappa shape index (κ2) is 8.09. The van der Waals surface area contributed by atoms with Gasteiger partial charge in [0.05, 0.1) is 0 Å². The van der Waals surface area contributed by atoms with Crippen LogP contribution in [-0.2, 0) is 0 Å². The van der Waals surface area contributed by atoms with Crippen molar-refractivity contribution in [1.82, 2.24) is 0 Å². The van der Waals surface area contributed by atoms with Gasteiger partial charge in [0, 0.05) is 10.5 Å². The largest absolute Gasteiger partial charge is 0.0899 e. The van der Waals surface area contributed by atoms with E-state index in [9.17, 15) is 0 Å². The molecule has 2 atom stereocenters. The Morgan fingerprint density at radius 3 is 1.11 bits per heavy atom. The van der Waals surface area contributed by atoms with Crippen molar-refractivity contribution in [3.63, 3.8) is 0 Å². The van der Waals surface area contributed by atoms with E-state index in [0.29, 0.717) is 10.8 Å². The van der Waals surface area contributed by atoms with Crippen LogP contribution in [0.25, 0.3) is 0 Å². The highest BCUT2D eigenvalue weighted by Gasteiger charge is 2.31. The van der Waals surface area contributed by atoms with Crippen LogP contribution in [0.1, 0.15) is 81.1 Å².